The van der Waals surface area contributed by atoms with E-state index in [4.69, 9.17) is 5.11 Å². The van der Waals surface area contributed by atoms with Crippen LogP contribution in [0.15, 0.2) is 6.20 Å². The predicted octanol–water partition coefficient (Wildman–Crippen LogP) is 2.56. The average Bonchev–Trinajstić information content (AvgIpc) is 2.12. The highest BCUT2D eigenvalue weighted by molar-refractivity contribution is 14.1. The van der Waals surface area contributed by atoms with Crippen LogP contribution in [0.1, 0.15) is 23.2 Å². The molecule has 6 heteroatoms. The third kappa shape index (κ3) is 2.83. The van der Waals surface area contributed by atoms with Crippen molar-refractivity contribution in [1.29, 1.82) is 0 Å². The van der Waals surface area contributed by atoms with Gasteiger partial charge in [-0.05, 0) is 35.1 Å². The molecule has 15 heavy (non-hydrogen) atoms. The maximum atomic E-state index is 12.4. The van der Waals surface area contributed by atoms with Crippen molar-refractivity contribution in [2.45, 2.75) is 19.8 Å². The molecule has 1 heterocycles. The number of rotatable bonds is 3. The molecule has 0 amide bonds. The zero-order chi connectivity index (χ0) is 11.6. The van der Waals surface area contributed by atoms with Gasteiger partial charge in [0.1, 0.15) is 0 Å². The number of hydrogen-bond acceptors (Lipinski definition) is 2. The third-order valence-corrected chi connectivity index (χ3v) is 3.36. The quantitative estimate of drug-likeness (QED) is 0.868. The van der Waals surface area contributed by atoms with E-state index >= 15 is 0 Å². The smallest absolute Gasteiger partial charge is 0.309 e. The number of carbonyl (C=O) groups is 1. The first-order valence-electron chi connectivity index (χ1n) is 4.07. The summed E-state index contributed by atoms with van der Waals surface area (Å²) in [4.78, 5) is 14.2. The van der Waals surface area contributed by atoms with Crippen molar-refractivity contribution in [2.24, 2.45) is 0 Å². The van der Waals surface area contributed by atoms with Gasteiger partial charge in [-0.25, -0.2) is 8.78 Å². The number of nitrogens with zero attached hydrogens (tertiary/aromatic N) is 1. The summed E-state index contributed by atoms with van der Waals surface area (Å²) in [5, 5.41) is 8.57. The van der Waals surface area contributed by atoms with Gasteiger partial charge in [0.05, 0.1) is 12.1 Å². The van der Waals surface area contributed by atoms with E-state index in [9.17, 15) is 13.6 Å². The van der Waals surface area contributed by atoms with Gasteiger partial charge in [-0.15, -0.1) is 0 Å². The predicted molar refractivity (Wildman–Crippen MR) is 58.0 cm³/mol. The Kier molecular flexibility index (Phi) is 3.95. The first kappa shape index (κ1) is 12.3. The molecule has 0 saturated heterocycles. The van der Waals surface area contributed by atoms with Crippen LogP contribution in [0.25, 0.3) is 0 Å². The molecule has 0 aromatic carbocycles. The second-order valence-corrected chi connectivity index (χ2v) is 4.05. The van der Waals surface area contributed by atoms with Gasteiger partial charge in [0.2, 0.25) is 0 Å². The largest absolute Gasteiger partial charge is 0.481 e. The number of aromatic nitrogens is 1. The molecule has 1 N–H and O–H groups in total. The van der Waals surface area contributed by atoms with E-state index < -0.39 is 12.4 Å². The summed E-state index contributed by atoms with van der Waals surface area (Å²) in [7, 11) is 0. The minimum atomic E-state index is -2.58. The summed E-state index contributed by atoms with van der Waals surface area (Å²) in [6.07, 6.45) is -1.78. The third-order valence-electron chi connectivity index (χ3n) is 1.93. The molecule has 0 fully saturated rings. The van der Waals surface area contributed by atoms with Crippen LogP contribution in [-0.4, -0.2) is 16.1 Å². The average molecular weight is 327 g/mol. The van der Waals surface area contributed by atoms with Crippen LogP contribution in [0.2, 0.25) is 0 Å². The zero-order valence-electron chi connectivity index (χ0n) is 7.80. The number of carboxylic acid groups (broad SMARTS) is 1. The second-order valence-electron chi connectivity index (χ2n) is 2.97. The van der Waals surface area contributed by atoms with Gasteiger partial charge in [0.15, 0.2) is 0 Å². The summed E-state index contributed by atoms with van der Waals surface area (Å²) in [6.45, 7) is 1.54. The van der Waals surface area contributed by atoms with Gasteiger partial charge < -0.3 is 5.11 Å². The van der Waals surface area contributed by atoms with Crippen molar-refractivity contribution in [1.82, 2.24) is 4.98 Å². The highest BCUT2D eigenvalue weighted by atomic mass is 127. The van der Waals surface area contributed by atoms with Gasteiger partial charge in [-0.2, -0.15) is 0 Å². The number of pyridine rings is 1. The molecule has 1 aromatic heterocycles. The van der Waals surface area contributed by atoms with Crippen molar-refractivity contribution in [2.75, 3.05) is 0 Å². The molecule has 0 saturated carbocycles. The van der Waals surface area contributed by atoms with E-state index in [1.54, 1.807) is 0 Å². The maximum Gasteiger partial charge on any atom is 0.309 e. The Morgan fingerprint density at radius 3 is 2.73 bits per heavy atom. The van der Waals surface area contributed by atoms with Crippen LogP contribution < -0.4 is 0 Å². The van der Waals surface area contributed by atoms with Gasteiger partial charge in [0.25, 0.3) is 6.43 Å². The van der Waals surface area contributed by atoms with Crippen molar-refractivity contribution in [3.63, 3.8) is 0 Å². The minimum absolute atomic E-state index is 0.145. The number of carboxylic acids is 1. The van der Waals surface area contributed by atoms with Crippen LogP contribution in [0.5, 0.6) is 0 Å². The van der Waals surface area contributed by atoms with Gasteiger partial charge >= 0.3 is 5.97 Å². The lowest BCUT2D eigenvalue weighted by Crippen LogP contribution is -2.07. The lowest BCUT2D eigenvalue weighted by Gasteiger charge is -2.09. The van der Waals surface area contributed by atoms with Crippen LogP contribution in [-0.2, 0) is 11.2 Å². The molecule has 82 valence electrons. The van der Waals surface area contributed by atoms with E-state index in [0.29, 0.717) is 14.8 Å². The normalized spacial score (nSPS) is 10.7. The van der Waals surface area contributed by atoms with Gasteiger partial charge in [-0.3, -0.25) is 9.78 Å². The Bertz CT molecular complexity index is 396. The molecule has 0 bridgehead atoms. The lowest BCUT2D eigenvalue weighted by atomic mass is 10.1. The summed E-state index contributed by atoms with van der Waals surface area (Å²) in [5.74, 6) is -1.02. The monoisotopic (exact) mass is 327 g/mol. The highest BCUT2D eigenvalue weighted by Gasteiger charge is 2.17. The van der Waals surface area contributed by atoms with E-state index in [2.05, 4.69) is 4.98 Å². The molecule has 0 atom stereocenters. The second kappa shape index (κ2) is 4.82. The van der Waals surface area contributed by atoms with Crippen molar-refractivity contribution in [3.05, 3.63) is 26.6 Å². The molecule has 3 nitrogen and oxygen atoms in total. The minimum Gasteiger partial charge on any atom is -0.481 e. The molecule has 1 rings (SSSR count). The Balaban J connectivity index is 3.15. The number of alkyl halides is 2. The van der Waals surface area contributed by atoms with E-state index in [1.165, 1.54) is 6.92 Å². The number of hydrogen-bond donors (Lipinski definition) is 1. The van der Waals surface area contributed by atoms with Crippen LogP contribution in [0.3, 0.4) is 0 Å². The van der Waals surface area contributed by atoms with Crippen molar-refractivity contribution >= 4 is 28.6 Å². The summed E-state index contributed by atoms with van der Waals surface area (Å²) in [6, 6.07) is 0. The molecule has 1 aromatic rings. The SMILES string of the molecule is Cc1c(C(F)F)cnc(CC(=O)O)c1I. The first-order chi connectivity index (χ1) is 6.93. The van der Waals surface area contributed by atoms with Crippen molar-refractivity contribution in [3.8, 4) is 0 Å². The number of aliphatic carboxylic acids is 1. The molecule has 0 radical (unpaired) electrons. The molecule has 0 aliphatic carbocycles. The Morgan fingerprint density at radius 2 is 2.27 bits per heavy atom. The summed E-state index contributed by atoms with van der Waals surface area (Å²) in [5.41, 5.74) is 0.579. The van der Waals surface area contributed by atoms with Crippen molar-refractivity contribution < 1.29 is 18.7 Å². The van der Waals surface area contributed by atoms with E-state index in [0.717, 1.165) is 6.20 Å². The summed E-state index contributed by atoms with van der Waals surface area (Å²) < 4.78 is 25.4. The lowest BCUT2D eigenvalue weighted by molar-refractivity contribution is -0.136. The maximum absolute atomic E-state index is 12.4. The molecular formula is C9H8F2INO2. The zero-order valence-corrected chi connectivity index (χ0v) is 9.96. The Hall–Kier alpha value is -0.790. The van der Waals surface area contributed by atoms with Gasteiger partial charge in [-0.1, -0.05) is 0 Å². The van der Waals surface area contributed by atoms with Crippen LogP contribution >= 0.6 is 22.6 Å². The topological polar surface area (TPSA) is 50.2 Å². The standard InChI is InChI=1S/C9H8F2INO2/c1-4-5(9(10)11)3-13-6(8(4)12)2-7(14)15/h3,9H,2H2,1H3,(H,14,15). The Morgan fingerprint density at radius 1 is 1.67 bits per heavy atom. The highest BCUT2D eigenvalue weighted by Crippen LogP contribution is 2.26. The summed E-state index contributed by atoms with van der Waals surface area (Å²) >= 11 is 1.84. The molecule has 0 aliphatic rings. The fourth-order valence-electron chi connectivity index (χ4n) is 1.13. The molecule has 0 unspecified atom stereocenters. The molecular weight excluding hydrogens is 319 g/mol. The fourth-order valence-corrected chi connectivity index (χ4v) is 1.77. The molecule has 0 aliphatic heterocycles. The van der Waals surface area contributed by atoms with E-state index in [1.807, 2.05) is 22.6 Å². The van der Waals surface area contributed by atoms with E-state index in [-0.39, 0.29) is 12.0 Å². The molecule has 0 spiro atoms. The first-order valence-corrected chi connectivity index (χ1v) is 5.15. The fraction of sp³-hybridized carbons (Fsp3) is 0.333. The number of halogens is 3. The van der Waals surface area contributed by atoms with Crippen LogP contribution in [0, 0.1) is 10.5 Å². The van der Waals surface area contributed by atoms with Crippen LogP contribution in [0.4, 0.5) is 8.78 Å². The van der Waals surface area contributed by atoms with Gasteiger partial charge in [0, 0.05) is 15.3 Å². The Labute approximate surface area is 98.7 Å².